The monoisotopic (exact) mass is 335 g/mol. The number of thioether (sulfide) groups is 1. The fourth-order valence-electron chi connectivity index (χ4n) is 2.67. The number of hydrogen-bond acceptors (Lipinski definition) is 5. The third-order valence-electron chi connectivity index (χ3n) is 3.99. The van der Waals surface area contributed by atoms with Crippen LogP contribution in [0.25, 0.3) is 0 Å². The molecule has 2 aliphatic heterocycles. The molecule has 0 aromatic carbocycles. The van der Waals surface area contributed by atoms with E-state index in [1.165, 1.54) is 0 Å². The maximum atomic E-state index is 12.3. The van der Waals surface area contributed by atoms with Crippen molar-refractivity contribution in [3.63, 3.8) is 0 Å². The highest BCUT2D eigenvalue weighted by Crippen LogP contribution is 2.15. The second-order valence-electron chi connectivity index (χ2n) is 5.61. The molecular weight excluding hydrogens is 310 g/mol. The zero-order valence-corrected chi connectivity index (χ0v) is 14.1. The minimum Gasteiger partial charge on any atom is -0.343 e. The molecule has 21 heavy (non-hydrogen) atoms. The topological polar surface area (TPSA) is 78.5 Å². The molecule has 0 spiro atoms. The number of carbonyl (C=O) groups excluding carboxylic acids is 1. The standard InChI is InChI=1S/C13H25N3O3S2/c1-2-21(18,19)15-11-3-6-16(7-4-11)13(17)9-12-10-20-8-5-14-12/h11-12,14-15H,2-10H2,1H3. The van der Waals surface area contributed by atoms with Crippen LogP contribution in [-0.2, 0) is 14.8 Å². The lowest BCUT2D eigenvalue weighted by molar-refractivity contribution is -0.132. The van der Waals surface area contributed by atoms with Gasteiger partial charge in [0.1, 0.15) is 0 Å². The van der Waals surface area contributed by atoms with Gasteiger partial charge in [0.25, 0.3) is 0 Å². The Morgan fingerprint density at radius 3 is 2.67 bits per heavy atom. The maximum Gasteiger partial charge on any atom is 0.224 e. The minimum atomic E-state index is -3.15. The van der Waals surface area contributed by atoms with Crippen LogP contribution < -0.4 is 10.0 Å². The number of amides is 1. The number of sulfonamides is 1. The fraction of sp³-hybridized carbons (Fsp3) is 0.923. The first-order valence-electron chi connectivity index (χ1n) is 7.59. The van der Waals surface area contributed by atoms with Crippen LogP contribution in [0.15, 0.2) is 0 Å². The first-order chi connectivity index (χ1) is 10.00. The van der Waals surface area contributed by atoms with Crippen molar-refractivity contribution >= 4 is 27.7 Å². The van der Waals surface area contributed by atoms with Crippen LogP contribution in [0.2, 0.25) is 0 Å². The Morgan fingerprint density at radius 2 is 2.10 bits per heavy atom. The van der Waals surface area contributed by atoms with Crippen molar-refractivity contribution in [3.8, 4) is 0 Å². The third kappa shape index (κ3) is 5.43. The Kier molecular flexibility index (Phi) is 6.34. The predicted octanol–water partition coefficient (Wildman–Crippen LogP) is 0.0118. The Bertz CT molecular complexity index is 442. The molecule has 122 valence electrons. The number of nitrogens with zero attached hydrogens (tertiary/aromatic N) is 1. The molecule has 1 unspecified atom stereocenters. The number of nitrogens with one attached hydrogen (secondary N) is 2. The number of piperidine rings is 1. The molecule has 6 nitrogen and oxygen atoms in total. The normalized spacial score (nSPS) is 25.0. The van der Waals surface area contributed by atoms with Gasteiger partial charge in [-0.2, -0.15) is 11.8 Å². The zero-order chi connectivity index (χ0) is 15.3. The first kappa shape index (κ1) is 17.1. The Morgan fingerprint density at radius 1 is 1.38 bits per heavy atom. The van der Waals surface area contributed by atoms with E-state index in [0.717, 1.165) is 18.1 Å². The van der Waals surface area contributed by atoms with Crippen LogP contribution in [0.5, 0.6) is 0 Å². The van der Waals surface area contributed by atoms with Crippen LogP contribution in [-0.4, -0.2) is 68.2 Å². The predicted molar refractivity (Wildman–Crippen MR) is 85.9 cm³/mol. The largest absolute Gasteiger partial charge is 0.343 e. The molecule has 2 heterocycles. The highest BCUT2D eigenvalue weighted by molar-refractivity contribution is 7.99. The number of likely N-dealkylation sites (tertiary alicyclic amines) is 1. The van der Waals surface area contributed by atoms with Crippen molar-refractivity contribution in [2.45, 2.75) is 38.3 Å². The molecule has 0 aliphatic carbocycles. The third-order valence-corrected chi connectivity index (χ3v) is 6.58. The molecule has 2 fully saturated rings. The molecule has 8 heteroatoms. The summed E-state index contributed by atoms with van der Waals surface area (Å²) in [6.45, 7) is 3.91. The molecule has 2 saturated heterocycles. The van der Waals surface area contributed by atoms with E-state index in [1.54, 1.807) is 6.92 Å². The molecule has 0 aromatic heterocycles. The molecular formula is C13H25N3O3S2. The summed E-state index contributed by atoms with van der Waals surface area (Å²) in [6, 6.07) is 0.259. The van der Waals surface area contributed by atoms with Crippen LogP contribution in [0.4, 0.5) is 0 Å². The van der Waals surface area contributed by atoms with E-state index >= 15 is 0 Å². The molecule has 2 rings (SSSR count). The smallest absolute Gasteiger partial charge is 0.224 e. The Labute approximate surface area is 131 Å². The van der Waals surface area contributed by atoms with Gasteiger partial charge in [0.2, 0.25) is 15.9 Å². The van der Waals surface area contributed by atoms with Gasteiger partial charge in [-0.05, 0) is 19.8 Å². The highest BCUT2D eigenvalue weighted by atomic mass is 32.2. The van der Waals surface area contributed by atoms with Gasteiger partial charge >= 0.3 is 0 Å². The van der Waals surface area contributed by atoms with Gasteiger partial charge in [-0.15, -0.1) is 0 Å². The summed E-state index contributed by atoms with van der Waals surface area (Å²) < 4.78 is 25.8. The summed E-state index contributed by atoms with van der Waals surface area (Å²) >= 11 is 1.89. The summed E-state index contributed by atoms with van der Waals surface area (Å²) in [4.78, 5) is 14.1. The lowest BCUT2D eigenvalue weighted by atomic mass is 10.1. The van der Waals surface area contributed by atoms with Crippen LogP contribution in [0.1, 0.15) is 26.2 Å². The van der Waals surface area contributed by atoms with Crippen molar-refractivity contribution in [3.05, 3.63) is 0 Å². The average Bonchev–Trinajstić information content (AvgIpc) is 2.48. The molecule has 2 N–H and O–H groups in total. The van der Waals surface area contributed by atoms with Crippen molar-refractivity contribution in [1.82, 2.24) is 14.9 Å². The van der Waals surface area contributed by atoms with E-state index in [1.807, 2.05) is 16.7 Å². The van der Waals surface area contributed by atoms with Gasteiger partial charge < -0.3 is 10.2 Å². The van der Waals surface area contributed by atoms with E-state index in [2.05, 4.69) is 10.0 Å². The molecule has 0 radical (unpaired) electrons. The lowest BCUT2D eigenvalue weighted by Crippen LogP contribution is -2.48. The van der Waals surface area contributed by atoms with Gasteiger partial charge in [-0.3, -0.25) is 4.79 Å². The van der Waals surface area contributed by atoms with Gasteiger partial charge in [0.15, 0.2) is 0 Å². The Hall–Kier alpha value is -0.310. The molecule has 1 atom stereocenters. The van der Waals surface area contributed by atoms with E-state index < -0.39 is 10.0 Å². The van der Waals surface area contributed by atoms with E-state index in [9.17, 15) is 13.2 Å². The molecule has 0 bridgehead atoms. The number of carbonyl (C=O) groups is 1. The minimum absolute atomic E-state index is 0.0256. The fourth-order valence-corrected chi connectivity index (χ4v) is 4.53. The SMILES string of the molecule is CCS(=O)(=O)NC1CCN(C(=O)CC2CSCCN2)CC1. The van der Waals surface area contributed by atoms with Crippen LogP contribution >= 0.6 is 11.8 Å². The van der Waals surface area contributed by atoms with Gasteiger partial charge in [0, 0.05) is 49.6 Å². The number of hydrogen-bond donors (Lipinski definition) is 2. The van der Waals surface area contributed by atoms with Crippen molar-refractivity contribution in [2.75, 3.05) is 36.9 Å². The van der Waals surface area contributed by atoms with E-state index in [0.29, 0.717) is 32.4 Å². The van der Waals surface area contributed by atoms with Gasteiger partial charge in [0.05, 0.1) is 5.75 Å². The molecule has 1 amide bonds. The Balaban J connectivity index is 1.74. The average molecular weight is 335 g/mol. The molecule has 0 saturated carbocycles. The van der Waals surface area contributed by atoms with Gasteiger partial charge in [-0.25, -0.2) is 13.1 Å². The quantitative estimate of drug-likeness (QED) is 0.740. The van der Waals surface area contributed by atoms with Crippen LogP contribution in [0, 0.1) is 0 Å². The van der Waals surface area contributed by atoms with E-state index in [-0.39, 0.29) is 23.7 Å². The highest BCUT2D eigenvalue weighted by Gasteiger charge is 2.27. The second kappa shape index (κ2) is 7.80. The maximum absolute atomic E-state index is 12.3. The van der Waals surface area contributed by atoms with Gasteiger partial charge in [-0.1, -0.05) is 0 Å². The summed E-state index contributed by atoms with van der Waals surface area (Å²) in [5, 5.41) is 3.38. The van der Waals surface area contributed by atoms with Crippen molar-refractivity contribution in [1.29, 1.82) is 0 Å². The molecule has 2 aliphatic rings. The summed E-state index contributed by atoms with van der Waals surface area (Å²) in [5.74, 6) is 2.41. The van der Waals surface area contributed by atoms with Crippen molar-refractivity contribution in [2.24, 2.45) is 0 Å². The summed E-state index contributed by atoms with van der Waals surface area (Å²) in [6.07, 6.45) is 1.97. The second-order valence-corrected chi connectivity index (χ2v) is 8.80. The number of rotatable bonds is 5. The lowest BCUT2D eigenvalue weighted by Gasteiger charge is -2.33. The zero-order valence-electron chi connectivity index (χ0n) is 12.5. The summed E-state index contributed by atoms with van der Waals surface area (Å²) in [5.41, 5.74) is 0. The van der Waals surface area contributed by atoms with E-state index in [4.69, 9.17) is 0 Å². The van der Waals surface area contributed by atoms with Crippen LogP contribution in [0.3, 0.4) is 0 Å². The first-order valence-corrected chi connectivity index (χ1v) is 10.4. The molecule has 0 aromatic rings. The van der Waals surface area contributed by atoms with Crippen molar-refractivity contribution < 1.29 is 13.2 Å². The summed E-state index contributed by atoms with van der Waals surface area (Å²) in [7, 11) is -3.15.